The van der Waals surface area contributed by atoms with Crippen LogP contribution < -0.4 is 9.62 Å². The van der Waals surface area contributed by atoms with Gasteiger partial charge < -0.3 is 10.2 Å². The van der Waals surface area contributed by atoms with Crippen LogP contribution in [0.5, 0.6) is 0 Å². The predicted octanol–water partition coefficient (Wildman–Crippen LogP) is 5.62. The maximum atomic E-state index is 14.1. The second kappa shape index (κ2) is 14.5. The van der Waals surface area contributed by atoms with E-state index < -0.39 is 28.5 Å². The summed E-state index contributed by atoms with van der Waals surface area (Å²) in [4.78, 5) is 29.2. The molecule has 7 nitrogen and oxygen atoms in total. The average Bonchev–Trinajstić information content (AvgIpc) is 2.91. The molecule has 0 unspecified atom stereocenters. The van der Waals surface area contributed by atoms with E-state index in [1.807, 2.05) is 68.4 Å². The lowest BCUT2D eigenvalue weighted by atomic mass is 10.0. The second-order valence-electron chi connectivity index (χ2n) is 9.67. The molecule has 0 aliphatic heterocycles. The first kappa shape index (κ1) is 31.5. The van der Waals surface area contributed by atoms with Crippen LogP contribution in [0.25, 0.3) is 0 Å². The molecule has 0 fully saturated rings. The van der Waals surface area contributed by atoms with Crippen molar-refractivity contribution in [3.63, 3.8) is 0 Å². The van der Waals surface area contributed by atoms with Crippen LogP contribution in [-0.2, 0) is 32.6 Å². The highest BCUT2D eigenvalue weighted by Gasteiger charge is 2.33. The van der Waals surface area contributed by atoms with Crippen LogP contribution in [0.3, 0.4) is 0 Å². The van der Waals surface area contributed by atoms with Gasteiger partial charge in [-0.2, -0.15) is 0 Å². The minimum atomic E-state index is -3.90. The van der Waals surface area contributed by atoms with Crippen LogP contribution in [-0.4, -0.2) is 50.5 Å². The molecule has 0 saturated carbocycles. The summed E-state index contributed by atoms with van der Waals surface area (Å²) >= 11 is 12.2. The summed E-state index contributed by atoms with van der Waals surface area (Å²) in [5.41, 5.74) is 2.89. The molecule has 0 heterocycles. The molecule has 1 N–H and O–H groups in total. The number of amides is 2. The van der Waals surface area contributed by atoms with E-state index in [2.05, 4.69) is 5.32 Å². The van der Waals surface area contributed by atoms with Gasteiger partial charge in [0, 0.05) is 19.5 Å². The van der Waals surface area contributed by atoms with Crippen molar-refractivity contribution in [1.82, 2.24) is 10.2 Å². The van der Waals surface area contributed by atoms with Crippen LogP contribution in [0.1, 0.15) is 36.5 Å². The van der Waals surface area contributed by atoms with E-state index in [9.17, 15) is 18.0 Å². The smallest absolute Gasteiger partial charge is 0.244 e. The predicted molar refractivity (Wildman–Crippen MR) is 162 cm³/mol. The SMILES string of the molecule is CCCCNC(=O)[C@H](Cc1ccccc1)N(Cc1ccccc1C)C(=O)CN(c1ccc(Cl)c(Cl)c1)S(C)(=O)=O. The number of sulfonamides is 1. The molecule has 0 radical (unpaired) electrons. The van der Waals surface area contributed by atoms with Crippen molar-refractivity contribution in [1.29, 1.82) is 0 Å². The van der Waals surface area contributed by atoms with Gasteiger partial charge in [-0.3, -0.25) is 13.9 Å². The van der Waals surface area contributed by atoms with Crippen molar-refractivity contribution in [3.8, 4) is 0 Å². The van der Waals surface area contributed by atoms with E-state index in [-0.39, 0.29) is 34.6 Å². The minimum absolute atomic E-state index is 0.128. The van der Waals surface area contributed by atoms with Crippen LogP contribution in [0.2, 0.25) is 10.0 Å². The van der Waals surface area contributed by atoms with Crippen molar-refractivity contribution >= 4 is 50.7 Å². The third-order valence-electron chi connectivity index (χ3n) is 6.57. The fourth-order valence-electron chi connectivity index (χ4n) is 4.29. The van der Waals surface area contributed by atoms with E-state index in [4.69, 9.17) is 23.2 Å². The second-order valence-corrected chi connectivity index (χ2v) is 12.4. The maximum absolute atomic E-state index is 14.1. The monoisotopic (exact) mass is 603 g/mol. The van der Waals surface area contributed by atoms with Gasteiger partial charge in [0.1, 0.15) is 12.6 Å². The molecule has 214 valence electrons. The highest BCUT2D eigenvalue weighted by atomic mass is 35.5. The normalized spacial score (nSPS) is 12.0. The molecule has 1 atom stereocenters. The summed E-state index contributed by atoms with van der Waals surface area (Å²) in [6, 6.07) is 20.6. The van der Waals surface area contributed by atoms with Crippen LogP contribution >= 0.6 is 23.2 Å². The van der Waals surface area contributed by atoms with Crippen molar-refractivity contribution in [3.05, 3.63) is 99.5 Å². The fourth-order valence-corrected chi connectivity index (χ4v) is 5.42. The first-order valence-electron chi connectivity index (χ1n) is 13.1. The molecule has 3 aromatic rings. The molecule has 3 aromatic carbocycles. The lowest BCUT2D eigenvalue weighted by molar-refractivity contribution is -0.140. The Kier molecular flexibility index (Phi) is 11.4. The fraction of sp³-hybridized carbons (Fsp3) is 0.333. The van der Waals surface area contributed by atoms with Gasteiger partial charge in [-0.1, -0.05) is 91.1 Å². The van der Waals surface area contributed by atoms with Gasteiger partial charge in [0.15, 0.2) is 0 Å². The Morgan fingerprint density at radius 1 is 0.950 bits per heavy atom. The summed E-state index contributed by atoms with van der Waals surface area (Å²) in [6.07, 6.45) is 2.99. The lowest BCUT2D eigenvalue weighted by Gasteiger charge is -2.34. The van der Waals surface area contributed by atoms with Gasteiger partial charge >= 0.3 is 0 Å². The van der Waals surface area contributed by atoms with Gasteiger partial charge in [0.25, 0.3) is 0 Å². The van der Waals surface area contributed by atoms with Crippen LogP contribution in [0.15, 0.2) is 72.8 Å². The topological polar surface area (TPSA) is 86.8 Å². The third kappa shape index (κ3) is 8.71. The first-order valence-corrected chi connectivity index (χ1v) is 15.7. The van der Waals surface area contributed by atoms with Crippen molar-refractivity contribution in [2.24, 2.45) is 0 Å². The minimum Gasteiger partial charge on any atom is -0.354 e. The van der Waals surface area contributed by atoms with Gasteiger partial charge in [0.2, 0.25) is 21.8 Å². The van der Waals surface area contributed by atoms with E-state index in [0.29, 0.717) is 6.54 Å². The number of nitrogens with zero attached hydrogens (tertiary/aromatic N) is 2. The summed E-state index contributed by atoms with van der Waals surface area (Å²) in [6.45, 7) is 4.06. The zero-order chi connectivity index (χ0) is 29.3. The quantitative estimate of drug-likeness (QED) is 0.257. The van der Waals surface area contributed by atoms with Gasteiger partial charge in [-0.15, -0.1) is 0 Å². The number of carbonyl (C=O) groups excluding carboxylic acids is 2. The molecule has 10 heteroatoms. The van der Waals surface area contributed by atoms with Crippen LogP contribution in [0, 0.1) is 6.92 Å². The first-order chi connectivity index (χ1) is 19.0. The number of halogens is 2. The van der Waals surface area contributed by atoms with Crippen molar-refractivity contribution in [2.45, 2.75) is 45.7 Å². The number of anilines is 1. The molecule has 0 bridgehead atoms. The molecule has 0 aromatic heterocycles. The van der Waals surface area contributed by atoms with Crippen LogP contribution in [0.4, 0.5) is 5.69 Å². The van der Waals surface area contributed by atoms with E-state index >= 15 is 0 Å². The molecule has 40 heavy (non-hydrogen) atoms. The summed E-state index contributed by atoms with van der Waals surface area (Å²) < 4.78 is 26.7. The number of aryl methyl sites for hydroxylation is 1. The molecule has 0 spiro atoms. The maximum Gasteiger partial charge on any atom is 0.244 e. The number of rotatable bonds is 13. The van der Waals surface area contributed by atoms with Gasteiger partial charge in [-0.05, 0) is 48.2 Å². The summed E-state index contributed by atoms with van der Waals surface area (Å²) in [7, 11) is -3.90. The molecule has 2 amide bonds. The van der Waals surface area contributed by atoms with Crippen molar-refractivity contribution < 1.29 is 18.0 Å². The Hall–Kier alpha value is -3.07. The third-order valence-corrected chi connectivity index (χ3v) is 8.45. The number of hydrogen-bond donors (Lipinski definition) is 1. The summed E-state index contributed by atoms with van der Waals surface area (Å²) in [5.74, 6) is -0.814. The highest BCUT2D eigenvalue weighted by molar-refractivity contribution is 7.92. The number of hydrogen-bond acceptors (Lipinski definition) is 4. The Bertz CT molecular complexity index is 1420. The summed E-state index contributed by atoms with van der Waals surface area (Å²) in [5, 5.41) is 3.40. The van der Waals surface area contributed by atoms with E-state index in [1.54, 1.807) is 0 Å². The average molecular weight is 605 g/mol. The molecule has 0 aliphatic carbocycles. The van der Waals surface area contributed by atoms with Gasteiger partial charge in [0.05, 0.1) is 22.0 Å². The molecular weight excluding hydrogens is 569 g/mol. The van der Waals surface area contributed by atoms with E-state index in [0.717, 1.165) is 40.1 Å². The standard InChI is InChI=1S/C30H35Cl2N3O4S/c1-4-5-17-33-30(37)28(18-23-12-7-6-8-13-23)34(20-24-14-10-9-11-22(24)2)29(36)21-35(40(3,38)39)25-15-16-26(31)27(32)19-25/h6-16,19,28H,4-5,17-18,20-21H2,1-3H3,(H,33,37)/t28-/m0/s1. The van der Waals surface area contributed by atoms with E-state index in [1.165, 1.54) is 23.1 Å². The Balaban J connectivity index is 2.05. The van der Waals surface area contributed by atoms with Gasteiger partial charge in [-0.25, -0.2) is 8.42 Å². The number of carbonyl (C=O) groups is 2. The largest absolute Gasteiger partial charge is 0.354 e. The molecular formula is C30H35Cl2N3O4S. The molecule has 0 aliphatic rings. The zero-order valence-corrected chi connectivity index (χ0v) is 25.3. The highest BCUT2D eigenvalue weighted by Crippen LogP contribution is 2.29. The lowest BCUT2D eigenvalue weighted by Crippen LogP contribution is -2.53. The Labute approximate surface area is 247 Å². The number of unbranched alkanes of at least 4 members (excludes halogenated alkanes) is 1. The molecule has 0 saturated heterocycles. The number of benzene rings is 3. The molecule has 3 rings (SSSR count). The zero-order valence-electron chi connectivity index (χ0n) is 22.9. The number of nitrogens with one attached hydrogen (secondary N) is 1. The Morgan fingerprint density at radius 2 is 1.62 bits per heavy atom. The Morgan fingerprint density at radius 3 is 2.25 bits per heavy atom. The van der Waals surface area contributed by atoms with Crippen molar-refractivity contribution in [2.75, 3.05) is 23.7 Å².